The Morgan fingerprint density at radius 3 is 2.77 bits per heavy atom. The third kappa shape index (κ3) is 3.97. The fourth-order valence-corrected chi connectivity index (χ4v) is 2.62. The molecule has 0 saturated heterocycles. The molecule has 1 heterocycles. The number of furan rings is 1. The van der Waals surface area contributed by atoms with Gasteiger partial charge in [-0.05, 0) is 37.3 Å². The molecule has 0 aliphatic heterocycles. The number of ether oxygens (including phenoxy) is 1. The third-order valence-corrected chi connectivity index (χ3v) is 4.00. The molecule has 3 rings (SSSR count). The van der Waals surface area contributed by atoms with Gasteiger partial charge in [0.2, 0.25) is 0 Å². The number of aromatic hydroxyl groups is 1. The molecule has 0 spiro atoms. The fraction of sp³-hybridized carbons (Fsp3) is 0.158. The Hall–Kier alpha value is -2.99. The third-order valence-electron chi connectivity index (χ3n) is 3.76. The summed E-state index contributed by atoms with van der Waals surface area (Å²) in [6.45, 7) is 1.27. The van der Waals surface area contributed by atoms with Gasteiger partial charge in [-0.1, -0.05) is 29.8 Å². The molecule has 1 aromatic heterocycles. The second-order valence-corrected chi connectivity index (χ2v) is 6.15. The van der Waals surface area contributed by atoms with Crippen LogP contribution in [0.2, 0.25) is 5.02 Å². The minimum atomic E-state index is -0.837. The van der Waals surface area contributed by atoms with Gasteiger partial charge in [0.15, 0.2) is 6.61 Å². The highest BCUT2D eigenvalue weighted by molar-refractivity contribution is 6.31. The van der Waals surface area contributed by atoms with Crippen molar-refractivity contribution in [3.8, 4) is 5.75 Å². The first-order valence-electron chi connectivity index (χ1n) is 7.87. The van der Waals surface area contributed by atoms with Gasteiger partial charge in [-0.3, -0.25) is 4.79 Å². The average Bonchev–Trinajstić information content (AvgIpc) is 3.06. The number of rotatable bonds is 5. The van der Waals surface area contributed by atoms with Crippen LogP contribution in [0.3, 0.4) is 0 Å². The number of amides is 1. The predicted octanol–water partition coefficient (Wildman–Crippen LogP) is 3.83. The Bertz CT molecular complexity index is 932. The Kier molecular flexibility index (Phi) is 5.14. The second kappa shape index (κ2) is 7.49. The first-order valence-corrected chi connectivity index (χ1v) is 8.25. The van der Waals surface area contributed by atoms with E-state index in [1.807, 2.05) is 30.3 Å². The molecule has 0 radical (unpaired) electrons. The number of benzene rings is 2. The average molecular weight is 374 g/mol. The standard InChI is InChI=1S/C19H16ClNO5/c1-11(17-8-12-4-2-3-5-16(12)26-17)21-18(23)10-25-19(24)14-9-13(20)6-7-15(14)22/h2-9,11,22H,10H2,1H3,(H,21,23)/t11-/m1/s1. The topological polar surface area (TPSA) is 88.8 Å². The number of hydrogen-bond acceptors (Lipinski definition) is 5. The van der Waals surface area contributed by atoms with Crippen LogP contribution in [0.1, 0.15) is 29.1 Å². The SMILES string of the molecule is C[C@@H](NC(=O)COC(=O)c1cc(Cl)ccc1O)c1cc2ccccc2o1. The van der Waals surface area contributed by atoms with Crippen LogP contribution in [0.4, 0.5) is 0 Å². The van der Waals surface area contributed by atoms with Crippen molar-refractivity contribution in [2.45, 2.75) is 13.0 Å². The summed E-state index contributed by atoms with van der Waals surface area (Å²) in [7, 11) is 0. The number of phenolic OH excluding ortho intramolecular Hbond substituents is 1. The van der Waals surface area contributed by atoms with Crippen LogP contribution in [-0.4, -0.2) is 23.6 Å². The zero-order chi connectivity index (χ0) is 18.7. The monoisotopic (exact) mass is 373 g/mol. The zero-order valence-electron chi connectivity index (χ0n) is 13.9. The summed E-state index contributed by atoms with van der Waals surface area (Å²) in [6, 6.07) is 13.0. The maximum absolute atomic E-state index is 12.0. The summed E-state index contributed by atoms with van der Waals surface area (Å²) < 4.78 is 10.6. The summed E-state index contributed by atoms with van der Waals surface area (Å²) in [5.41, 5.74) is 0.627. The van der Waals surface area contributed by atoms with E-state index in [9.17, 15) is 14.7 Å². The van der Waals surface area contributed by atoms with E-state index in [1.54, 1.807) is 6.92 Å². The molecule has 1 atom stereocenters. The van der Waals surface area contributed by atoms with Gasteiger partial charge >= 0.3 is 5.97 Å². The molecule has 1 amide bonds. The summed E-state index contributed by atoms with van der Waals surface area (Å²) in [5, 5.41) is 13.6. The van der Waals surface area contributed by atoms with E-state index in [4.69, 9.17) is 20.8 Å². The lowest BCUT2D eigenvalue weighted by molar-refractivity contribution is -0.125. The normalized spacial score (nSPS) is 11.9. The highest BCUT2D eigenvalue weighted by Crippen LogP contribution is 2.24. The summed E-state index contributed by atoms with van der Waals surface area (Å²) in [5.74, 6) is -1.00. The van der Waals surface area contributed by atoms with E-state index in [0.29, 0.717) is 5.76 Å². The molecule has 0 aliphatic rings. The van der Waals surface area contributed by atoms with Gasteiger partial charge in [0, 0.05) is 10.4 Å². The molecular weight excluding hydrogens is 358 g/mol. The van der Waals surface area contributed by atoms with Gasteiger partial charge in [0.25, 0.3) is 5.91 Å². The molecule has 2 N–H and O–H groups in total. The molecule has 0 aliphatic carbocycles. The number of esters is 1. The summed E-state index contributed by atoms with van der Waals surface area (Å²) >= 11 is 5.79. The highest BCUT2D eigenvalue weighted by Gasteiger charge is 2.18. The molecule has 134 valence electrons. The highest BCUT2D eigenvalue weighted by atomic mass is 35.5. The number of fused-ring (bicyclic) bond motifs is 1. The van der Waals surface area contributed by atoms with Crippen LogP contribution in [0.15, 0.2) is 52.9 Å². The molecule has 26 heavy (non-hydrogen) atoms. The molecule has 2 aromatic carbocycles. The first-order chi connectivity index (χ1) is 12.4. The van der Waals surface area contributed by atoms with E-state index in [-0.39, 0.29) is 16.3 Å². The smallest absolute Gasteiger partial charge is 0.342 e. The number of carbonyl (C=O) groups excluding carboxylic acids is 2. The maximum Gasteiger partial charge on any atom is 0.342 e. The largest absolute Gasteiger partial charge is 0.507 e. The van der Waals surface area contributed by atoms with Crippen molar-refractivity contribution < 1.29 is 23.8 Å². The number of halogens is 1. The lowest BCUT2D eigenvalue weighted by Gasteiger charge is -2.12. The van der Waals surface area contributed by atoms with Crippen LogP contribution in [0.5, 0.6) is 5.75 Å². The lowest BCUT2D eigenvalue weighted by atomic mass is 10.2. The van der Waals surface area contributed by atoms with E-state index >= 15 is 0 Å². The van der Waals surface area contributed by atoms with E-state index < -0.39 is 24.5 Å². The quantitative estimate of drug-likeness (QED) is 0.663. The van der Waals surface area contributed by atoms with Crippen molar-refractivity contribution in [2.24, 2.45) is 0 Å². The molecule has 7 heteroatoms. The number of para-hydroxylation sites is 1. The number of hydrogen-bond donors (Lipinski definition) is 2. The van der Waals surface area contributed by atoms with Gasteiger partial charge in [-0.2, -0.15) is 0 Å². The van der Waals surface area contributed by atoms with Gasteiger partial charge < -0.3 is 19.6 Å². The van der Waals surface area contributed by atoms with Crippen LogP contribution in [0, 0.1) is 0 Å². The molecule has 6 nitrogen and oxygen atoms in total. The Morgan fingerprint density at radius 2 is 2.00 bits per heavy atom. The van der Waals surface area contributed by atoms with Crippen molar-refractivity contribution >= 4 is 34.4 Å². The lowest BCUT2D eigenvalue weighted by Crippen LogP contribution is -2.31. The Labute approximate surface area is 154 Å². The Morgan fingerprint density at radius 1 is 1.23 bits per heavy atom. The molecular formula is C19H16ClNO5. The fourth-order valence-electron chi connectivity index (χ4n) is 2.45. The van der Waals surface area contributed by atoms with E-state index in [0.717, 1.165) is 11.0 Å². The van der Waals surface area contributed by atoms with Crippen molar-refractivity contribution in [2.75, 3.05) is 6.61 Å². The van der Waals surface area contributed by atoms with Crippen LogP contribution >= 0.6 is 11.6 Å². The van der Waals surface area contributed by atoms with Gasteiger partial charge in [-0.25, -0.2) is 4.79 Å². The minimum Gasteiger partial charge on any atom is -0.507 e. The van der Waals surface area contributed by atoms with E-state index in [2.05, 4.69) is 5.32 Å². The summed E-state index contributed by atoms with van der Waals surface area (Å²) in [6.07, 6.45) is 0. The van der Waals surface area contributed by atoms with Crippen LogP contribution < -0.4 is 5.32 Å². The van der Waals surface area contributed by atoms with Gasteiger partial charge in [-0.15, -0.1) is 0 Å². The second-order valence-electron chi connectivity index (χ2n) is 5.71. The minimum absolute atomic E-state index is 0.101. The van der Waals surface area contributed by atoms with Crippen molar-refractivity contribution in [3.63, 3.8) is 0 Å². The van der Waals surface area contributed by atoms with Gasteiger partial charge in [0.05, 0.1) is 6.04 Å². The molecule has 0 bridgehead atoms. The molecule has 0 fully saturated rings. The molecule has 0 unspecified atom stereocenters. The van der Waals surface area contributed by atoms with Gasteiger partial charge in [0.1, 0.15) is 22.7 Å². The van der Waals surface area contributed by atoms with Crippen molar-refractivity contribution in [1.29, 1.82) is 0 Å². The Balaban J connectivity index is 1.58. The number of carbonyl (C=O) groups is 2. The van der Waals surface area contributed by atoms with E-state index in [1.165, 1.54) is 18.2 Å². The molecule has 3 aromatic rings. The number of phenols is 1. The first kappa shape index (κ1) is 17.8. The summed E-state index contributed by atoms with van der Waals surface area (Å²) in [4.78, 5) is 24.0. The van der Waals surface area contributed by atoms with Crippen molar-refractivity contribution in [1.82, 2.24) is 5.32 Å². The number of nitrogens with one attached hydrogen (secondary N) is 1. The maximum atomic E-state index is 12.0. The van der Waals surface area contributed by atoms with Crippen LogP contribution in [0.25, 0.3) is 11.0 Å². The predicted molar refractivity (Wildman–Crippen MR) is 96.2 cm³/mol. The zero-order valence-corrected chi connectivity index (χ0v) is 14.6. The van der Waals surface area contributed by atoms with Crippen molar-refractivity contribution in [3.05, 3.63) is 64.9 Å². The molecule has 0 saturated carbocycles. The van der Waals surface area contributed by atoms with Crippen LogP contribution in [-0.2, 0) is 9.53 Å².